The number of aromatic nitrogens is 2. The summed E-state index contributed by atoms with van der Waals surface area (Å²) in [6, 6.07) is 14.2. The summed E-state index contributed by atoms with van der Waals surface area (Å²) in [6.45, 7) is 1.68. The SMILES string of the molecule is Cl.NC1CCC2CN(C(=O)c3ccc(SCc4cn5ccccc5n4)cc3)CC12. The first-order valence-corrected chi connectivity index (χ1v) is 10.9. The van der Waals surface area contributed by atoms with E-state index in [0.29, 0.717) is 11.8 Å². The van der Waals surface area contributed by atoms with E-state index in [4.69, 9.17) is 5.73 Å². The Kier molecular flexibility index (Phi) is 5.86. The number of benzene rings is 1. The van der Waals surface area contributed by atoms with Gasteiger partial charge in [-0.1, -0.05) is 6.07 Å². The van der Waals surface area contributed by atoms with E-state index in [9.17, 15) is 4.79 Å². The molecule has 2 aromatic heterocycles. The zero-order chi connectivity index (χ0) is 19.1. The van der Waals surface area contributed by atoms with Crippen LogP contribution in [0.1, 0.15) is 28.9 Å². The normalized spacial score (nSPS) is 23.2. The van der Waals surface area contributed by atoms with Crippen molar-refractivity contribution in [2.24, 2.45) is 17.6 Å². The van der Waals surface area contributed by atoms with Gasteiger partial charge in [0.25, 0.3) is 5.91 Å². The molecule has 1 saturated heterocycles. The Labute approximate surface area is 181 Å². The van der Waals surface area contributed by atoms with E-state index in [1.165, 1.54) is 0 Å². The minimum absolute atomic E-state index is 0. The molecule has 7 heteroatoms. The van der Waals surface area contributed by atoms with Gasteiger partial charge < -0.3 is 15.0 Å². The highest BCUT2D eigenvalue weighted by atomic mass is 35.5. The number of nitrogens with two attached hydrogens (primary N) is 1. The van der Waals surface area contributed by atoms with Crippen molar-refractivity contribution in [1.29, 1.82) is 0 Å². The summed E-state index contributed by atoms with van der Waals surface area (Å²) >= 11 is 1.74. The topological polar surface area (TPSA) is 63.6 Å². The van der Waals surface area contributed by atoms with Gasteiger partial charge in [0.2, 0.25) is 0 Å². The van der Waals surface area contributed by atoms with Crippen LogP contribution in [0.2, 0.25) is 0 Å². The number of amides is 1. The highest BCUT2D eigenvalue weighted by molar-refractivity contribution is 7.98. The highest BCUT2D eigenvalue weighted by Gasteiger charge is 2.42. The van der Waals surface area contributed by atoms with Crippen molar-refractivity contribution in [3.63, 3.8) is 0 Å². The molecule has 1 saturated carbocycles. The van der Waals surface area contributed by atoms with E-state index in [0.717, 1.165) is 53.5 Å². The second-order valence-corrected chi connectivity index (χ2v) is 8.94. The molecule has 2 aliphatic rings. The lowest BCUT2D eigenvalue weighted by Gasteiger charge is -2.19. The van der Waals surface area contributed by atoms with Crippen LogP contribution in [0.3, 0.4) is 0 Å². The van der Waals surface area contributed by atoms with Crippen molar-refractivity contribution >= 4 is 35.7 Å². The molecule has 2 fully saturated rings. The number of imidazole rings is 1. The number of halogens is 1. The van der Waals surface area contributed by atoms with Crippen LogP contribution in [0.15, 0.2) is 59.8 Å². The summed E-state index contributed by atoms with van der Waals surface area (Å²) in [5.41, 5.74) is 8.99. The number of nitrogens with zero attached hydrogens (tertiary/aromatic N) is 3. The van der Waals surface area contributed by atoms with Gasteiger partial charge in [-0.3, -0.25) is 4.79 Å². The first-order chi connectivity index (χ1) is 13.7. The number of hydrogen-bond donors (Lipinski definition) is 1. The van der Waals surface area contributed by atoms with Gasteiger partial charge in [0, 0.05) is 47.7 Å². The molecule has 1 aliphatic carbocycles. The first kappa shape index (κ1) is 20.3. The number of fused-ring (bicyclic) bond motifs is 2. The highest BCUT2D eigenvalue weighted by Crippen LogP contribution is 2.37. The van der Waals surface area contributed by atoms with Crippen LogP contribution in [-0.4, -0.2) is 39.3 Å². The van der Waals surface area contributed by atoms with Gasteiger partial charge in [0.15, 0.2) is 0 Å². The number of rotatable bonds is 4. The number of carbonyl (C=O) groups is 1. The average Bonchev–Trinajstić information content (AvgIpc) is 3.41. The van der Waals surface area contributed by atoms with Crippen LogP contribution in [0.25, 0.3) is 5.65 Å². The molecule has 1 aliphatic heterocycles. The molecular formula is C22H25ClN4OS. The van der Waals surface area contributed by atoms with Gasteiger partial charge in [-0.05, 0) is 61.1 Å². The van der Waals surface area contributed by atoms with Crippen molar-refractivity contribution in [1.82, 2.24) is 14.3 Å². The lowest BCUT2D eigenvalue weighted by molar-refractivity contribution is 0.0779. The Balaban J connectivity index is 0.00000205. The number of thioether (sulfide) groups is 1. The van der Waals surface area contributed by atoms with Gasteiger partial charge in [-0.15, -0.1) is 24.2 Å². The second-order valence-electron chi connectivity index (χ2n) is 7.89. The summed E-state index contributed by atoms with van der Waals surface area (Å²) in [7, 11) is 0. The first-order valence-electron chi connectivity index (χ1n) is 9.88. The van der Waals surface area contributed by atoms with Crippen molar-refractivity contribution in [3.05, 3.63) is 66.1 Å². The van der Waals surface area contributed by atoms with Crippen LogP contribution >= 0.6 is 24.2 Å². The molecule has 0 bridgehead atoms. The summed E-state index contributed by atoms with van der Waals surface area (Å²) in [5.74, 6) is 2.03. The maximum atomic E-state index is 12.8. The molecule has 5 rings (SSSR count). The minimum Gasteiger partial charge on any atom is -0.338 e. The van der Waals surface area contributed by atoms with Gasteiger partial charge >= 0.3 is 0 Å². The summed E-state index contributed by atoms with van der Waals surface area (Å²) in [4.78, 5) is 20.6. The maximum absolute atomic E-state index is 12.8. The Morgan fingerprint density at radius 2 is 1.97 bits per heavy atom. The quantitative estimate of drug-likeness (QED) is 0.641. The Morgan fingerprint density at radius 3 is 2.72 bits per heavy atom. The van der Waals surface area contributed by atoms with E-state index in [1.54, 1.807) is 11.8 Å². The summed E-state index contributed by atoms with van der Waals surface area (Å²) in [6.07, 6.45) is 6.34. The van der Waals surface area contributed by atoms with Crippen LogP contribution in [0.5, 0.6) is 0 Å². The standard InChI is InChI=1S/C22H24N4OS.ClH/c23-20-9-6-16-11-26(13-19(16)20)22(27)15-4-7-18(8-5-15)28-14-17-12-25-10-2-1-3-21(25)24-17;/h1-5,7-8,10,12,16,19-20H,6,9,11,13-14,23H2;1H. The Hall–Kier alpha value is -2.02. The monoisotopic (exact) mass is 428 g/mol. The third-order valence-electron chi connectivity index (χ3n) is 6.10. The van der Waals surface area contributed by atoms with Crippen molar-refractivity contribution in [2.45, 2.75) is 29.5 Å². The maximum Gasteiger partial charge on any atom is 0.253 e. The molecule has 29 heavy (non-hydrogen) atoms. The van der Waals surface area contributed by atoms with Gasteiger partial charge in [-0.25, -0.2) is 4.98 Å². The molecule has 0 radical (unpaired) electrons. The molecular weight excluding hydrogens is 404 g/mol. The third-order valence-corrected chi connectivity index (χ3v) is 7.15. The molecule has 0 spiro atoms. The largest absolute Gasteiger partial charge is 0.338 e. The number of carbonyl (C=O) groups excluding carboxylic acids is 1. The number of pyridine rings is 1. The minimum atomic E-state index is 0. The molecule has 5 nitrogen and oxygen atoms in total. The van der Waals surface area contributed by atoms with Gasteiger partial charge in [0.1, 0.15) is 5.65 Å². The zero-order valence-corrected chi connectivity index (χ0v) is 17.7. The summed E-state index contributed by atoms with van der Waals surface area (Å²) in [5, 5.41) is 0. The molecule has 1 aromatic carbocycles. The third kappa shape index (κ3) is 4.02. The Bertz CT molecular complexity index is 972. The van der Waals surface area contributed by atoms with E-state index < -0.39 is 0 Å². The summed E-state index contributed by atoms with van der Waals surface area (Å²) < 4.78 is 2.04. The molecule has 1 amide bonds. The van der Waals surface area contributed by atoms with E-state index in [-0.39, 0.29) is 24.4 Å². The smallest absolute Gasteiger partial charge is 0.253 e. The van der Waals surface area contributed by atoms with E-state index >= 15 is 0 Å². The van der Waals surface area contributed by atoms with E-state index in [1.807, 2.05) is 58.0 Å². The predicted molar refractivity (Wildman–Crippen MR) is 119 cm³/mol. The molecule has 152 valence electrons. The fourth-order valence-corrected chi connectivity index (χ4v) is 5.35. The van der Waals surface area contributed by atoms with Crippen LogP contribution in [-0.2, 0) is 5.75 Å². The number of likely N-dealkylation sites (tertiary alicyclic amines) is 1. The van der Waals surface area contributed by atoms with Crippen LogP contribution in [0.4, 0.5) is 0 Å². The number of hydrogen-bond acceptors (Lipinski definition) is 4. The fourth-order valence-electron chi connectivity index (χ4n) is 4.56. The molecule has 3 aromatic rings. The van der Waals surface area contributed by atoms with Gasteiger partial charge in [-0.2, -0.15) is 0 Å². The van der Waals surface area contributed by atoms with Crippen LogP contribution < -0.4 is 5.73 Å². The lowest BCUT2D eigenvalue weighted by Crippen LogP contribution is -2.33. The molecule has 3 unspecified atom stereocenters. The molecule has 2 N–H and O–H groups in total. The molecule has 3 atom stereocenters. The van der Waals surface area contributed by atoms with Gasteiger partial charge in [0.05, 0.1) is 5.69 Å². The molecule has 3 heterocycles. The van der Waals surface area contributed by atoms with E-state index in [2.05, 4.69) is 11.2 Å². The predicted octanol–water partition coefficient (Wildman–Crippen LogP) is 3.86. The van der Waals surface area contributed by atoms with Crippen molar-refractivity contribution < 1.29 is 4.79 Å². The zero-order valence-electron chi connectivity index (χ0n) is 16.1. The second kappa shape index (κ2) is 8.38. The van der Waals surface area contributed by atoms with Crippen molar-refractivity contribution in [2.75, 3.05) is 13.1 Å². The van der Waals surface area contributed by atoms with Crippen molar-refractivity contribution in [3.8, 4) is 0 Å². The van der Waals surface area contributed by atoms with Crippen LogP contribution in [0, 0.1) is 11.8 Å². The lowest BCUT2D eigenvalue weighted by atomic mass is 9.98. The average molecular weight is 429 g/mol. The fraction of sp³-hybridized carbons (Fsp3) is 0.364. The Morgan fingerprint density at radius 1 is 1.14 bits per heavy atom.